The van der Waals surface area contributed by atoms with Gasteiger partial charge in [0, 0.05) is 30.3 Å². The summed E-state index contributed by atoms with van der Waals surface area (Å²) in [6.07, 6.45) is 7.51. The van der Waals surface area contributed by atoms with Gasteiger partial charge in [-0.05, 0) is 68.2 Å². The van der Waals surface area contributed by atoms with Crippen LogP contribution in [0.4, 0.5) is 0 Å². The van der Waals surface area contributed by atoms with Crippen molar-refractivity contribution in [3.63, 3.8) is 0 Å². The van der Waals surface area contributed by atoms with E-state index in [-0.39, 0.29) is 24.5 Å². The zero-order valence-corrected chi connectivity index (χ0v) is 23.7. The van der Waals surface area contributed by atoms with Gasteiger partial charge in [-0.2, -0.15) is 0 Å². The number of hydrogen-bond donors (Lipinski definition) is 1. The summed E-state index contributed by atoms with van der Waals surface area (Å²) >= 11 is 6.92. The van der Waals surface area contributed by atoms with E-state index in [2.05, 4.69) is 0 Å². The molecule has 0 radical (unpaired) electrons. The molecule has 4 fully saturated rings. The molecule has 2 aliphatic heterocycles. The molecule has 2 aromatic rings. The van der Waals surface area contributed by atoms with E-state index in [1.807, 2.05) is 4.90 Å². The molecule has 1 N–H and O–H groups in total. The largest absolute Gasteiger partial charge is 0.497 e. The van der Waals surface area contributed by atoms with Crippen LogP contribution in [-0.4, -0.2) is 69.4 Å². The number of rotatable bonds is 8. The van der Waals surface area contributed by atoms with Gasteiger partial charge in [0.05, 0.1) is 12.0 Å². The number of carbonyl (C=O) groups excluding carboxylic acids is 2. The number of furan rings is 1. The number of methoxy groups -OCH3 is 1. The van der Waals surface area contributed by atoms with Crippen LogP contribution in [0.3, 0.4) is 0 Å². The Morgan fingerprint density at radius 1 is 1.18 bits per heavy atom. The Morgan fingerprint density at radius 3 is 2.73 bits per heavy atom. The summed E-state index contributed by atoms with van der Waals surface area (Å²) in [5.74, 6) is 1.80. The smallest absolute Gasteiger partial charge is 0.326 e. The maximum Gasteiger partial charge on any atom is 0.326 e. The third-order valence-corrected chi connectivity index (χ3v) is 9.71. The summed E-state index contributed by atoms with van der Waals surface area (Å²) in [5.41, 5.74) is 0.667. The first-order valence-electron chi connectivity index (χ1n) is 13.5. The summed E-state index contributed by atoms with van der Waals surface area (Å²) in [7, 11) is 1.53. The predicted molar refractivity (Wildman–Crippen MR) is 153 cm³/mol. The number of hydrogen-bond acceptors (Lipinski definition) is 8. The summed E-state index contributed by atoms with van der Waals surface area (Å²) in [4.78, 5) is 41.1. The van der Waals surface area contributed by atoms with Gasteiger partial charge in [-0.3, -0.25) is 14.5 Å². The highest BCUT2D eigenvalue weighted by Gasteiger charge is 2.48. The normalized spacial score (nSPS) is 26.8. The second kappa shape index (κ2) is 10.9. The van der Waals surface area contributed by atoms with Crippen LogP contribution < -0.4 is 9.47 Å². The average Bonchev–Trinajstić information content (AvgIpc) is 3.77. The lowest BCUT2D eigenvalue weighted by Crippen LogP contribution is -2.42. The standard InChI is InChI=1S/C29H30N2O7S2/c1-36-20-11-18(12-21(13-20)37-15-26(32)30-8-2-3-22(30)28(34)35)24-7-6-19(38-24)14-25-27(33)31(29(39)40-25)23-10-16-4-5-17(23)9-16/h6-7,11-14,16-17,22-23H,2-5,8-10,15H2,1H3,(H,34,35)/b25-14-/t16?,17?,22-,23?/m0/s1. The molecule has 2 saturated carbocycles. The van der Waals surface area contributed by atoms with Crippen LogP contribution in [0.5, 0.6) is 11.5 Å². The Hall–Kier alpha value is -3.31. The Kier molecular flexibility index (Phi) is 7.35. The molecule has 1 aromatic heterocycles. The van der Waals surface area contributed by atoms with Crippen LogP contribution in [0, 0.1) is 11.8 Å². The minimum absolute atomic E-state index is 0.0460. The number of thiocarbonyl (C=S) groups is 1. The van der Waals surface area contributed by atoms with Gasteiger partial charge in [-0.15, -0.1) is 0 Å². The van der Waals surface area contributed by atoms with Crippen LogP contribution in [0.1, 0.15) is 44.3 Å². The second-order valence-electron chi connectivity index (χ2n) is 10.8. The average molecular weight is 583 g/mol. The van der Waals surface area contributed by atoms with Crippen molar-refractivity contribution in [3.8, 4) is 22.8 Å². The SMILES string of the molecule is COc1cc(OCC(=O)N2CCC[C@H]2C(=O)O)cc(-c2ccc(/C=C3\SC(=S)N(C4CC5CCC4C5)C3=O)o2)c1. The summed E-state index contributed by atoms with van der Waals surface area (Å²) in [6, 6.07) is 8.16. The third kappa shape index (κ3) is 5.12. The summed E-state index contributed by atoms with van der Waals surface area (Å²) in [6.45, 7) is 0.114. The van der Waals surface area contributed by atoms with Crippen LogP contribution in [0.25, 0.3) is 17.4 Å². The molecule has 3 unspecified atom stereocenters. The number of benzene rings is 1. The van der Waals surface area contributed by atoms with Gasteiger partial charge in [0.1, 0.15) is 33.4 Å². The number of likely N-dealkylation sites (tertiary alicyclic amines) is 1. The Labute approximate surface area is 241 Å². The van der Waals surface area contributed by atoms with E-state index in [1.165, 1.54) is 43.0 Å². The number of carbonyl (C=O) groups is 3. The minimum Gasteiger partial charge on any atom is -0.497 e. The van der Waals surface area contributed by atoms with E-state index in [1.54, 1.807) is 36.4 Å². The number of fused-ring (bicyclic) bond motifs is 2. The minimum atomic E-state index is -1.00. The second-order valence-corrected chi connectivity index (χ2v) is 12.4. The first-order chi connectivity index (χ1) is 19.3. The molecule has 0 spiro atoms. The van der Waals surface area contributed by atoms with Crippen molar-refractivity contribution in [2.75, 3.05) is 20.3 Å². The molecule has 3 heterocycles. The van der Waals surface area contributed by atoms with Gasteiger partial charge in [0.2, 0.25) is 0 Å². The molecule has 2 bridgehead atoms. The molecule has 210 valence electrons. The number of carboxylic acid groups (broad SMARTS) is 1. The summed E-state index contributed by atoms with van der Waals surface area (Å²) < 4.78 is 17.9. The zero-order chi connectivity index (χ0) is 28.0. The Bertz CT molecular complexity index is 1400. The van der Waals surface area contributed by atoms with Crippen LogP contribution in [-0.2, 0) is 14.4 Å². The van der Waals surface area contributed by atoms with Crippen molar-refractivity contribution in [1.82, 2.24) is 9.80 Å². The van der Waals surface area contributed by atoms with E-state index in [0.717, 1.165) is 6.42 Å². The lowest BCUT2D eigenvalue weighted by atomic mass is 9.94. The molecule has 6 rings (SSSR count). The third-order valence-electron chi connectivity index (χ3n) is 8.38. The van der Waals surface area contributed by atoms with Crippen molar-refractivity contribution in [2.45, 2.75) is 50.6 Å². The number of carboxylic acids is 1. The molecule has 4 aliphatic rings. The highest BCUT2D eigenvalue weighted by atomic mass is 32.2. The quantitative estimate of drug-likeness (QED) is 0.347. The van der Waals surface area contributed by atoms with Crippen molar-refractivity contribution >= 4 is 52.2 Å². The molecular formula is C29H30N2O7S2. The molecule has 40 heavy (non-hydrogen) atoms. The van der Waals surface area contributed by atoms with E-state index < -0.39 is 12.0 Å². The lowest BCUT2D eigenvalue weighted by molar-refractivity contribution is -0.148. The molecule has 9 nitrogen and oxygen atoms in total. The van der Waals surface area contributed by atoms with Crippen LogP contribution in [0.2, 0.25) is 0 Å². The Balaban J connectivity index is 1.16. The summed E-state index contributed by atoms with van der Waals surface area (Å²) in [5, 5.41) is 9.36. The molecular weight excluding hydrogens is 552 g/mol. The van der Waals surface area contributed by atoms with Crippen LogP contribution in [0.15, 0.2) is 39.7 Å². The van der Waals surface area contributed by atoms with Gasteiger partial charge in [0.15, 0.2) is 6.61 Å². The van der Waals surface area contributed by atoms with Gasteiger partial charge >= 0.3 is 5.97 Å². The molecule has 11 heteroatoms. The zero-order valence-electron chi connectivity index (χ0n) is 22.0. The topological polar surface area (TPSA) is 110 Å². The predicted octanol–water partition coefficient (Wildman–Crippen LogP) is 4.80. The molecule has 1 aromatic carbocycles. The van der Waals surface area contributed by atoms with Crippen molar-refractivity contribution in [1.29, 1.82) is 0 Å². The number of aliphatic carboxylic acids is 1. The molecule has 2 amide bonds. The van der Waals surface area contributed by atoms with E-state index in [4.69, 9.17) is 26.1 Å². The fourth-order valence-corrected chi connectivity index (χ4v) is 7.83. The first kappa shape index (κ1) is 26.9. The lowest BCUT2D eigenvalue weighted by Gasteiger charge is -2.30. The fourth-order valence-electron chi connectivity index (χ4n) is 6.47. The maximum absolute atomic E-state index is 13.3. The van der Waals surface area contributed by atoms with E-state index in [9.17, 15) is 19.5 Å². The number of thioether (sulfide) groups is 1. The highest BCUT2D eigenvalue weighted by Crippen LogP contribution is 2.49. The van der Waals surface area contributed by atoms with Gasteiger partial charge < -0.3 is 23.9 Å². The van der Waals surface area contributed by atoms with Crippen molar-refractivity contribution < 1.29 is 33.4 Å². The molecule has 2 aliphatic carbocycles. The fraction of sp³-hybridized carbons (Fsp3) is 0.448. The van der Waals surface area contributed by atoms with Crippen molar-refractivity contribution in [3.05, 3.63) is 41.0 Å². The Morgan fingerprint density at radius 2 is 2.00 bits per heavy atom. The van der Waals surface area contributed by atoms with Crippen LogP contribution >= 0.6 is 24.0 Å². The van der Waals surface area contributed by atoms with Gasteiger partial charge in [0.25, 0.3) is 11.8 Å². The number of amides is 2. The molecule has 4 atom stereocenters. The van der Waals surface area contributed by atoms with E-state index >= 15 is 0 Å². The number of nitrogens with zero attached hydrogens (tertiary/aromatic N) is 2. The maximum atomic E-state index is 13.3. The molecule has 2 saturated heterocycles. The first-order valence-corrected chi connectivity index (χ1v) is 14.7. The van der Waals surface area contributed by atoms with Gasteiger partial charge in [-0.1, -0.05) is 30.4 Å². The number of ether oxygens (including phenoxy) is 2. The monoisotopic (exact) mass is 582 g/mol. The van der Waals surface area contributed by atoms with Crippen molar-refractivity contribution in [2.24, 2.45) is 11.8 Å². The van der Waals surface area contributed by atoms with E-state index in [0.29, 0.717) is 69.0 Å². The highest BCUT2D eigenvalue weighted by molar-refractivity contribution is 8.26. The van der Waals surface area contributed by atoms with Gasteiger partial charge in [-0.25, -0.2) is 4.79 Å².